The Morgan fingerprint density at radius 1 is 1.21 bits per heavy atom. The van der Waals surface area contributed by atoms with Crippen LogP contribution in [0.3, 0.4) is 0 Å². The van der Waals surface area contributed by atoms with Crippen LogP contribution < -0.4 is 5.32 Å². The first-order chi connectivity index (χ1) is 8.97. The van der Waals surface area contributed by atoms with Gasteiger partial charge in [0.2, 0.25) is 0 Å². The number of phenolic OH excluding ortho intramolecular Hbond substituents is 1. The monoisotopic (exact) mass is 281 g/mol. The standard InChI is InChI=1S/C12H8FNO4S/c13-8-5-6(15)1-2-7(8)11(16)14-10-4-3-9(19-10)12(17)18/h1-5,15H,(H,14,16)(H,17,18). The van der Waals surface area contributed by atoms with Gasteiger partial charge in [0.1, 0.15) is 16.4 Å². The number of carbonyl (C=O) groups is 2. The molecule has 2 aromatic rings. The fourth-order valence-corrected chi connectivity index (χ4v) is 2.13. The maximum atomic E-state index is 13.4. The summed E-state index contributed by atoms with van der Waals surface area (Å²) in [7, 11) is 0. The number of carboxylic acids is 1. The highest BCUT2D eigenvalue weighted by atomic mass is 32.1. The fraction of sp³-hybridized carbons (Fsp3) is 0. The van der Waals surface area contributed by atoms with E-state index in [0.29, 0.717) is 5.00 Å². The van der Waals surface area contributed by atoms with Gasteiger partial charge in [0, 0.05) is 6.07 Å². The van der Waals surface area contributed by atoms with Crippen molar-refractivity contribution in [1.29, 1.82) is 0 Å². The SMILES string of the molecule is O=C(O)c1ccc(NC(=O)c2ccc(O)cc2F)s1. The van der Waals surface area contributed by atoms with Crippen LogP contribution in [0.15, 0.2) is 30.3 Å². The van der Waals surface area contributed by atoms with E-state index in [2.05, 4.69) is 5.32 Å². The Kier molecular flexibility index (Phi) is 3.48. The van der Waals surface area contributed by atoms with Crippen LogP contribution in [0.5, 0.6) is 5.75 Å². The normalized spacial score (nSPS) is 10.2. The van der Waals surface area contributed by atoms with E-state index in [-0.39, 0.29) is 16.2 Å². The van der Waals surface area contributed by atoms with Gasteiger partial charge in [-0.05, 0) is 24.3 Å². The Hall–Kier alpha value is -2.41. The number of rotatable bonds is 3. The lowest BCUT2D eigenvalue weighted by molar-refractivity contribution is 0.0702. The Morgan fingerprint density at radius 3 is 2.53 bits per heavy atom. The number of hydrogen-bond acceptors (Lipinski definition) is 4. The van der Waals surface area contributed by atoms with Gasteiger partial charge in [-0.3, -0.25) is 4.79 Å². The molecule has 0 aliphatic carbocycles. The van der Waals surface area contributed by atoms with Crippen molar-refractivity contribution in [3.8, 4) is 5.75 Å². The van der Waals surface area contributed by atoms with Crippen molar-refractivity contribution in [2.24, 2.45) is 0 Å². The van der Waals surface area contributed by atoms with Gasteiger partial charge in [-0.1, -0.05) is 0 Å². The number of benzene rings is 1. The van der Waals surface area contributed by atoms with Crippen LogP contribution in [0, 0.1) is 5.82 Å². The number of carbonyl (C=O) groups excluding carboxylic acids is 1. The topological polar surface area (TPSA) is 86.6 Å². The van der Waals surface area contributed by atoms with E-state index in [0.717, 1.165) is 23.5 Å². The third-order valence-corrected chi connectivity index (χ3v) is 3.24. The van der Waals surface area contributed by atoms with Gasteiger partial charge in [0.05, 0.1) is 10.6 Å². The van der Waals surface area contributed by atoms with Gasteiger partial charge in [-0.15, -0.1) is 11.3 Å². The number of anilines is 1. The minimum absolute atomic E-state index is 0.0708. The van der Waals surface area contributed by atoms with E-state index in [4.69, 9.17) is 10.2 Å². The second-order valence-corrected chi connectivity index (χ2v) is 4.67. The fourth-order valence-electron chi connectivity index (χ4n) is 1.39. The quantitative estimate of drug-likeness (QED) is 0.807. The molecule has 0 bridgehead atoms. The van der Waals surface area contributed by atoms with E-state index in [1.165, 1.54) is 18.2 Å². The number of halogens is 1. The molecule has 0 atom stereocenters. The lowest BCUT2D eigenvalue weighted by Gasteiger charge is -2.04. The van der Waals surface area contributed by atoms with Crippen LogP contribution in [0.2, 0.25) is 0 Å². The van der Waals surface area contributed by atoms with Crippen molar-refractivity contribution in [2.75, 3.05) is 5.32 Å². The molecule has 1 aromatic heterocycles. The molecule has 1 amide bonds. The van der Waals surface area contributed by atoms with E-state index in [1.54, 1.807) is 0 Å². The summed E-state index contributed by atoms with van der Waals surface area (Å²) in [5.41, 5.74) is -0.233. The number of aromatic carboxylic acids is 1. The second-order valence-electron chi connectivity index (χ2n) is 3.59. The minimum Gasteiger partial charge on any atom is -0.508 e. The molecule has 1 aromatic carbocycles. The Balaban J connectivity index is 2.18. The summed E-state index contributed by atoms with van der Waals surface area (Å²) in [4.78, 5) is 22.5. The van der Waals surface area contributed by atoms with E-state index < -0.39 is 17.7 Å². The van der Waals surface area contributed by atoms with E-state index in [1.807, 2.05) is 0 Å². The highest BCUT2D eigenvalue weighted by molar-refractivity contribution is 7.18. The number of aromatic hydroxyl groups is 1. The summed E-state index contributed by atoms with van der Waals surface area (Å²) < 4.78 is 13.4. The van der Waals surface area contributed by atoms with Crippen molar-refractivity contribution < 1.29 is 24.2 Å². The molecule has 0 saturated carbocycles. The van der Waals surface area contributed by atoms with Crippen molar-refractivity contribution in [2.45, 2.75) is 0 Å². The molecule has 19 heavy (non-hydrogen) atoms. The predicted molar refractivity (Wildman–Crippen MR) is 67.3 cm³/mol. The van der Waals surface area contributed by atoms with Crippen LogP contribution in [-0.4, -0.2) is 22.1 Å². The molecule has 5 nitrogen and oxygen atoms in total. The molecule has 0 saturated heterocycles. The van der Waals surface area contributed by atoms with Crippen molar-refractivity contribution in [3.05, 3.63) is 46.6 Å². The number of hydrogen-bond donors (Lipinski definition) is 3. The zero-order valence-electron chi connectivity index (χ0n) is 9.38. The zero-order valence-corrected chi connectivity index (χ0v) is 10.2. The third-order valence-electron chi connectivity index (χ3n) is 2.25. The molecular weight excluding hydrogens is 273 g/mol. The van der Waals surface area contributed by atoms with Gasteiger partial charge in [0.25, 0.3) is 5.91 Å². The van der Waals surface area contributed by atoms with Crippen molar-refractivity contribution in [3.63, 3.8) is 0 Å². The highest BCUT2D eigenvalue weighted by Gasteiger charge is 2.14. The zero-order chi connectivity index (χ0) is 14.0. The number of nitrogens with one attached hydrogen (secondary N) is 1. The molecule has 0 spiro atoms. The average molecular weight is 281 g/mol. The smallest absolute Gasteiger partial charge is 0.345 e. The number of phenols is 1. The number of carboxylic acid groups (broad SMARTS) is 1. The first-order valence-electron chi connectivity index (χ1n) is 5.10. The lowest BCUT2D eigenvalue weighted by Crippen LogP contribution is -2.12. The van der Waals surface area contributed by atoms with Crippen LogP contribution in [0.4, 0.5) is 9.39 Å². The Morgan fingerprint density at radius 2 is 1.95 bits per heavy atom. The van der Waals surface area contributed by atoms with Gasteiger partial charge < -0.3 is 15.5 Å². The summed E-state index contributed by atoms with van der Waals surface area (Å²) in [6, 6.07) is 5.92. The van der Waals surface area contributed by atoms with E-state index >= 15 is 0 Å². The van der Waals surface area contributed by atoms with Gasteiger partial charge in [-0.2, -0.15) is 0 Å². The summed E-state index contributed by atoms with van der Waals surface area (Å²) in [5.74, 6) is -2.94. The molecular formula is C12H8FNO4S. The Bertz CT molecular complexity index is 653. The van der Waals surface area contributed by atoms with Crippen molar-refractivity contribution in [1.82, 2.24) is 0 Å². The molecule has 3 N–H and O–H groups in total. The summed E-state index contributed by atoms with van der Waals surface area (Å²) in [6.45, 7) is 0. The first kappa shape index (κ1) is 13.0. The number of thiophene rings is 1. The second kappa shape index (κ2) is 5.07. The Labute approximate surface area is 110 Å². The van der Waals surface area contributed by atoms with Crippen LogP contribution in [0.25, 0.3) is 0 Å². The molecule has 0 aliphatic heterocycles. The minimum atomic E-state index is -1.10. The summed E-state index contributed by atoms with van der Waals surface area (Å²) in [6.07, 6.45) is 0. The summed E-state index contributed by atoms with van der Waals surface area (Å²) in [5, 5.41) is 20.5. The molecule has 2 rings (SSSR count). The average Bonchev–Trinajstić information content (AvgIpc) is 2.77. The van der Waals surface area contributed by atoms with Gasteiger partial charge >= 0.3 is 5.97 Å². The molecule has 7 heteroatoms. The van der Waals surface area contributed by atoms with Crippen LogP contribution in [-0.2, 0) is 0 Å². The van der Waals surface area contributed by atoms with E-state index in [9.17, 15) is 14.0 Å². The highest BCUT2D eigenvalue weighted by Crippen LogP contribution is 2.23. The van der Waals surface area contributed by atoms with Gasteiger partial charge in [-0.25, -0.2) is 9.18 Å². The molecule has 0 fully saturated rings. The molecule has 1 heterocycles. The third kappa shape index (κ3) is 2.89. The van der Waals surface area contributed by atoms with Gasteiger partial charge in [0.15, 0.2) is 0 Å². The molecule has 0 unspecified atom stereocenters. The molecule has 0 aliphatic rings. The first-order valence-corrected chi connectivity index (χ1v) is 5.92. The predicted octanol–water partition coefficient (Wildman–Crippen LogP) is 2.54. The molecule has 0 radical (unpaired) electrons. The van der Waals surface area contributed by atoms with Crippen LogP contribution >= 0.6 is 11.3 Å². The molecule has 98 valence electrons. The maximum absolute atomic E-state index is 13.4. The largest absolute Gasteiger partial charge is 0.508 e. The van der Waals surface area contributed by atoms with Crippen molar-refractivity contribution >= 4 is 28.2 Å². The maximum Gasteiger partial charge on any atom is 0.345 e. The summed E-state index contributed by atoms with van der Waals surface area (Å²) >= 11 is 0.870. The van der Waals surface area contributed by atoms with Crippen LogP contribution in [0.1, 0.15) is 20.0 Å². The number of amides is 1. The lowest BCUT2D eigenvalue weighted by atomic mass is 10.2.